The van der Waals surface area contributed by atoms with Crippen LogP contribution in [0, 0.1) is 16.7 Å². The summed E-state index contributed by atoms with van der Waals surface area (Å²) < 4.78 is 5.95. The summed E-state index contributed by atoms with van der Waals surface area (Å²) in [6.45, 7) is 6.72. The summed E-state index contributed by atoms with van der Waals surface area (Å²) in [5.41, 5.74) is 0.411. The molecule has 1 aromatic carbocycles. The zero-order valence-electron chi connectivity index (χ0n) is 16.5. The SMILES string of the molecule is CC1(C)[C@@H]2CC[C@@]1(C)[C@@H](OC(=O)C1CCC(=O)N1C(=O)c1ccc(Cl)cc1)C2. The third kappa shape index (κ3) is 2.78. The molecule has 0 N–H and O–H groups in total. The molecule has 2 saturated carbocycles. The minimum absolute atomic E-state index is 0.0546. The van der Waals surface area contributed by atoms with Crippen molar-refractivity contribution in [3.8, 4) is 0 Å². The second-order valence-corrected chi connectivity index (χ2v) is 9.60. The van der Waals surface area contributed by atoms with Crippen LogP contribution >= 0.6 is 11.6 Å². The van der Waals surface area contributed by atoms with Crippen molar-refractivity contribution in [2.24, 2.45) is 16.7 Å². The van der Waals surface area contributed by atoms with Crippen molar-refractivity contribution in [2.75, 3.05) is 0 Å². The number of rotatable bonds is 3. The van der Waals surface area contributed by atoms with Gasteiger partial charge in [0.05, 0.1) is 0 Å². The molecule has 0 aromatic heterocycles. The minimum Gasteiger partial charge on any atom is -0.460 e. The molecule has 1 heterocycles. The smallest absolute Gasteiger partial charge is 0.329 e. The van der Waals surface area contributed by atoms with Crippen LogP contribution in [0.25, 0.3) is 0 Å². The van der Waals surface area contributed by atoms with Gasteiger partial charge in [-0.25, -0.2) is 4.79 Å². The Morgan fingerprint density at radius 3 is 2.39 bits per heavy atom. The van der Waals surface area contributed by atoms with Gasteiger partial charge < -0.3 is 4.74 Å². The monoisotopic (exact) mass is 403 g/mol. The molecule has 4 atom stereocenters. The standard InChI is InChI=1S/C22H26ClNO4/c1-21(2)14-10-11-22(21,3)17(12-14)28-20(27)16-8-9-18(25)24(16)19(26)13-4-6-15(23)7-5-13/h4-7,14,16-17H,8-12H2,1-3H3/t14-,16?,17+,22+/m1/s1. The van der Waals surface area contributed by atoms with E-state index in [4.69, 9.17) is 16.3 Å². The van der Waals surface area contributed by atoms with Gasteiger partial charge >= 0.3 is 5.97 Å². The zero-order chi connectivity index (χ0) is 20.3. The number of nitrogens with zero attached hydrogens (tertiary/aromatic N) is 1. The molecule has 3 fully saturated rings. The highest BCUT2D eigenvalue weighted by Gasteiger charge is 2.63. The van der Waals surface area contributed by atoms with Crippen molar-refractivity contribution in [2.45, 2.75) is 65.0 Å². The van der Waals surface area contributed by atoms with E-state index < -0.39 is 17.9 Å². The van der Waals surface area contributed by atoms with E-state index in [1.807, 2.05) is 0 Å². The maximum atomic E-state index is 13.0. The molecular weight excluding hydrogens is 378 g/mol. The summed E-state index contributed by atoms with van der Waals surface area (Å²) >= 11 is 5.88. The number of carbonyl (C=O) groups is 3. The van der Waals surface area contributed by atoms with Gasteiger partial charge in [-0.2, -0.15) is 0 Å². The first-order chi connectivity index (χ1) is 13.1. The van der Waals surface area contributed by atoms with Crippen LogP contribution in [-0.2, 0) is 14.3 Å². The molecule has 2 amide bonds. The maximum Gasteiger partial charge on any atom is 0.329 e. The van der Waals surface area contributed by atoms with Crippen LogP contribution in [0.2, 0.25) is 5.02 Å². The average molecular weight is 404 g/mol. The number of esters is 1. The van der Waals surface area contributed by atoms with E-state index in [2.05, 4.69) is 20.8 Å². The van der Waals surface area contributed by atoms with E-state index in [0.29, 0.717) is 22.9 Å². The van der Waals surface area contributed by atoms with Gasteiger partial charge in [-0.1, -0.05) is 32.4 Å². The second kappa shape index (κ2) is 6.58. The maximum absolute atomic E-state index is 13.0. The number of likely N-dealkylation sites (tertiary alicyclic amines) is 1. The number of halogens is 1. The summed E-state index contributed by atoms with van der Waals surface area (Å²) in [7, 11) is 0. The Balaban J connectivity index is 1.52. The summed E-state index contributed by atoms with van der Waals surface area (Å²) in [6, 6.07) is 5.49. The Kier molecular flexibility index (Phi) is 4.57. The Hall–Kier alpha value is -1.88. The highest BCUT2D eigenvalue weighted by Crippen LogP contribution is 2.66. The molecule has 0 radical (unpaired) electrons. The van der Waals surface area contributed by atoms with Crippen molar-refractivity contribution < 1.29 is 19.1 Å². The molecule has 2 aliphatic carbocycles. The van der Waals surface area contributed by atoms with E-state index in [0.717, 1.165) is 17.7 Å². The van der Waals surface area contributed by atoms with Crippen LogP contribution in [0.3, 0.4) is 0 Å². The Labute approximate surface area is 170 Å². The van der Waals surface area contributed by atoms with Gasteiger partial charge in [0.25, 0.3) is 5.91 Å². The summed E-state index contributed by atoms with van der Waals surface area (Å²) in [6.07, 6.45) is 3.40. The van der Waals surface area contributed by atoms with Crippen LogP contribution in [0.4, 0.5) is 0 Å². The van der Waals surface area contributed by atoms with Crippen LogP contribution in [0.1, 0.15) is 63.2 Å². The van der Waals surface area contributed by atoms with E-state index in [-0.39, 0.29) is 29.3 Å². The largest absolute Gasteiger partial charge is 0.460 e. The minimum atomic E-state index is -0.846. The van der Waals surface area contributed by atoms with Crippen molar-refractivity contribution in [3.63, 3.8) is 0 Å². The Morgan fingerprint density at radius 1 is 1.14 bits per heavy atom. The lowest BCUT2D eigenvalue weighted by molar-refractivity contribution is -0.162. The number of benzene rings is 1. The lowest BCUT2D eigenvalue weighted by atomic mass is 9.70. The topological polar surface area (TPSA) is 63.7 Å². The van der Waals surface area contributed by atoms with Gasteiger partial charge in [-0.05, 0) is 61.3 Å². The van der Waals surface area contributed by atoms with E-state index in [1.165, 1.54) is 6.42 Å². The lowest BCUT2D eigenvalue weighted by Crippen LogP contribution is -2.46. The van der Waals surface area contributed by atoms with Gasteiger partial charge in [0, 0.05) is 22.4 Å². The van der Waals surface area contributed by atoms with Gasteiger partial charge in [-0.15, -0.1) is 0 Å². The van der Waals surface area contributed by atoms with E-state index >= 15 is 0 Å². The summed E-state index contributed by atoms with van der Waals surface area (Å²) in [5.74, 6) is -0.711. The quantitative estimate of drug-likeness (QED) is 0.559. The number of hydrogen-bond donors (Lipinski definition) is 0. The third-order valence-corrected chi connectivity index (χ3v) is 8.02. The number of fused-ring (bicyclic) bond motifs is 2. The number of ether oxygens (including phenoxy) is 1. The van der Waals surface area contributed by atoms with Crippen molar-refractivity contribution in [1.82, 2.24) is 4.90 Å². The highest BCUT2D eigenvalue weighted by molar-refractivity contribution is 6.30. The lowest BCUT2D eigenvalue weighted by Gasteiger charge is -2.39. The first-order valence-corrected chi connectivity index (χ1v) is 10.4. The fraction of sp³-hybridized carbons (Fsp3) is 0.591. The summed E-state index contributed by atoms with van der Waals surface area (Å²) in [5, 5.41) is 0.507. The molecule has 1 aromatic rings. The Morgan fingerprint density at radius 2 is 1.82 bits per heavy atom. The predicted octanol–water partition coefficient (Wildman–Crippen LogP) is 4.23. The average Bonchev–Trinajstić information content (AvgIpc) is 3.20. The van der Waals surface area contributed by atoms with E-state index in [9.17, 15) is 14.4 Å². The van der Waals surface area contributed by atoms with Crippen LogP contribution in [0.15, 0.2) is 24.3 Å². The number of amides is 2. The van der Waals surface area contributed by atoms with Crippen LogP contribution < -0.4 is 0 Å². The highest BCUT2D eigenvalue weighted by atomic mass is 35.5. The molecule has 5 nitrogen and oxygen atoms in total. The van der Waals surface area contributed by atoms with Gasteiger partial charge in [0.1, 0.15) is 12.1 Å². The molecule has 1 saturated heterocycles. The van der Waals surface area contributed by atoms with Crippen LogP contribution in [-0.4, -0.2) is 34.8 Å². The molecule has 1 aliphatic heterocycles. The van der Waals surface area contributed by atoms with E-state index in [1.54, 1.807) is 24.3 Å². The molecule has 3 aliphatic rings. The molecule has 2 bridgehead atoms. The van der Waals surface area contributed by atoms with Gasteiger partial charge in [0.15, 0.2) is 0 Å². The first kappa shape index (κ1) is 19.4. The molecule has 150 valence electrons. The third-order valence-electron chi connectivity index (χ3n) is 7.77. The number of imide groups is 1. The first-order valence-electron chi connectivity index (χ1n) is 9.97. The normalized spacial score (nSPS) is 33.4. The fourth-order valence-corrected chi connectivity index (χ4v) is 5.55. The fourth-order valence-electron chi connectivity index (χ4n) is 5.42. The van der Waals surface area contributed by atoms with Crippen LogP contribution in [0.5, 0.6) is 0 Å². The van der Waals surface area contributed by atoms with Crippen molar-refractivity contribution in [1.29, 1.82) is 0 Å². The second-order valence-electron chi connectivity index (χ2n) is 9.17. The zero-order valence-corrected chi connectivity index (χ0v) is 17.3. The predicted molar refractivity (Wildman–Crippen MR) is 105 cm³/mol. The number of carbonyl (C=O) groups excluding carboxylic acids is 3. The molecule has 4 rings (SSSR count). The van der Waals surface area contributed by atoms with Crippen molar-refractivity contribution >= 4 is 29.4 Å². The molecule has 1 unspecified atom stereocenters. The molecule has 6 heteroatoms. The Bertz CT molecular complexity index is 833. The van der Waals surface area contributed by atoms with Gasteiger partial charge in [-0.3, -0.25) is 14.5 Å². The number of hydrogen-bond acceptors (Lipinski definition) is 4. The summed E-state index contributed by atoms with van der Waals surface area (Å²) in [4.78, 5) is 39.3. The molecular formula is C22H26ClNO4. The van der Waals surface area contributed by atoms with Crippen molar-refractivity contribution in [3.05, 3.63) is 34.9 Å². The molecule has 0 spiro atoms. The molecule has 28 heavy (non-hydrogen) atoms. The van der Waals surface area contributed by atoms with Gasteiger partial charge in [0.2, 0.25) is 5.91 Å².